The van der Waals surface area contributed by atoms with Gasteiger partial charge >= 0.3 is 0 Å². The van der Waals surface area contributed by atoms with E-state index in [9.17, 15) is 14.9 Å². The van der Waals surface area contributed by atoms with Gasteiger partial charge < -0.3 is 5.32 Å². The summed E-state index contributed by atoms with van der Waals surface area (Å²) >= 11 is 5.70. The predicted molar refractivity (Wildman–Crippen MR) is 65.5 cm³/mol. The van der Waals surface area contributed by atoms with E-state index in [0.717, 1.165) is 0 Å². The number of non-ortho nitro benzene ring substituents is 1. The van der Waals surface area contributed by atoms with Crippen molar-refractivity contribution in [3.8, 4) is 0 Å². The molecule has 0 aliphatic rings. The Balaban J connectivity index is 2.90. The van der Waals surface area contributed by atoms with Crippen LogP contribution in [-0.4, -0.2) is 22.8 Å². The number of hydrogen-bond donors (Lipinski definition) is 1. The maximum atomic E-state index is 11.7. The van der Waals surface area contributed by atoms with E-state index in [1.54, 1.807) is 19.9 Å². The number of amides is 1. The van der Waals surface area contributed by atoms with Gasteiger partial charge in [0, 0.05) is 29.6 Å². The number of rotatable bonds is 4. The minimum absolute atomic E-state index is 0.0888. The Kier molecular flexibility index (Phi) is 4.45. The van der Waals surface area contributed by atoms with Crippen LogP contribution < -0.4 is 5.32 Å². The summed E-state index contributed by atoms with van der Waals surface area (Å²) in [5.41, 5.74) is 0.853. The van der Waals surface area contributed by atoms with Crippen molar-refractivity contribution < 1.29 is 9.72 Å². The highest BCUT2D eigenvalue weighted by atomic mass is 35.5. The topological polar surface area (TPSA) is 72.2 Å². The number of hydrogen-bond acceptors (Lipinski definition) is 3. The minimum atomic E-state index is -0.520. The van der Waals surface area contributed by atoms with Gasteiger partial charge in [-0.3, -0.25) is 14.9 Å². The van der Waals surface area contributed by atoms with E-state index in [-0.39, 0.29) is 22.5 Å². The molecule has 1 N–H and O–H groups in total. The first-order valence-corrected chi connectivity index (χ1v) is 5.52. The van der Waals surface area contributed by atoms with E-state index in [1.807, 2.05) is 0 Å². The molecule has 1 aromatic rings. The second kappa shape index (κ2) is 5.63. The standard InChI is InChI=1S/C11H13ClN2O3/c1-7-3-9(5-10(4-7)14(16)17)11(15)13-6-8(2)12/h3-5,8H,6H2,1-2H3,(H,13,15). The highest BCUT2D eigenvalue weighted by molar-refractivity contribution is 6.20. The molecule has 1 unspecified atom stereocenters. The Bertz CT molecular complexity index is 446. The zero-order valence-electron chi connectivity index (χ0n) is 9.57. The third-order valence-corrected chi connectivity index (χ3v) is 2.23. The molecule has 92 valence electrons. The fourth-order valence-electron chi connectivity index (χ4n) is 1.33. The monoisotopic (exact) mass is 256 g/mol. The van der Waals surface area contributed by atoms with Gasteiger partial charge in [-0.2, -0.15) is 0 Å². The number of halogens is 1. The Morgan fingerprint density at radius 3 is 2.71 bits per heavy atom. The number of benzene rings is 1. The lowest BCUT2D eigenvalue weighted by atomic mass is 10.1. The average molecular weight is 257 g/mol. The number of alkyl halides is 1. The van der Waals surface area contributed by atoms with Crippen molar-refractivity contribution >= 4 is 23.2 Å². The molecule has 6 heteroatoms. The van der Waals surface area contributed by atoms with Gasteiger partial charge in [0.1, 0.15) is 0 Å². The molecule has 1 atom stereocenters. The van der Waals surface area contributed by atoms with Crippen LogP contribution in [0.3, 0.4) is 0 Å². The smallest absolute Gasteiger partial charge is 0.270 e. The van der Waals surface area contributed by atoms with Gasteiger partial charge in [0.15, 0.2) is 0 Å². The van der Waals surface area contributed by atoms with Crippen molar-refractivity contribution in [3.63, 3.8) is 0 Å². The number of nitrogens with zero attached hydrogens (tertiary/aromatic N) is 1. The van der Waals surface area contributed by atoms with E-state index < -0.39 is 4.92 Å². The van der Waals surface area contributed by atoms with Gasteiger partial charge in [0.25, 0.3) is 11.6 Å². The molecule has 1 amide bonds. The zero-order chi connectivity index (χ0) is 13.0. The molecule has 0 bridgehead atoms. The first-order valence-electron chi connectivity index (χ1n) is 5.08. The molecule has 0 aliphatic heterocycles. The highest BCUT2D eigenvalue weighted by Gasteiger charge is 2.13. The Labute approximate surface area is 104 Å². The second-order valence-electron chi connectivity index (χ2n) is 3.81. The molecular formula is C11H13ClN2O3. The molecule has 0 saturated heterocycles. The summed E-state index contributed by atoms with van der Waals surface area (Å²) in [4.78, 5) is 21.8. The van der Waals surface area contributed by atoms with Gasteiger partial charge in [-0.05, 0) is 25.5 Å². The van der Waals surface area contributed by atoms with E-state index >= 15 is 0 Å². The van der Waals surface area contributed by atoms with Crippen LogP contribution in [0.2, 0.25) is 0 Å². The molecular weight excluding hydrogens is 244 g/mol. The Morgan fingerprint density at radius 1 is 1.53 bits per heavy atom. The lowest BCUT2D eigenvalue weighted by Crippen LogP contribution is -2.28. The third-order valence-electron chi connectivity index (χ3n) is 2.08. The summed E-state index contributed by atoms with van der Waals surface area (Å²) in [6.45, 7) is 3.77. The molecule has 1 rings (SSSR count). The average Bonchev–Trinajstić information content (AvgIpc) is 2.24. The molecule has 17 heavy (non-hydrogen) atoms. The predicted octanol–water partition coefficient (Wildman–Crippen LogP) is 2.26. The number of carbonyl (C=O) groups is 1. The molecule has 0 fully saturated rings. The number of nitrogens with one attached hydrogen (secondary N) is 1. The maximum absolute atomic E-state index is 11.7. The minimum Gasteiger partial charge on any atom is -0.351 e. The van der Waals surface area contributed by atoms with Crippen LogP contribution in [0.5, 0.6) is 0 Å². The van der Waals surface area contributed by atoms with Crippen molar-refractivity contribution in [3.05, 3.63) is 39.4 Å². The molecule has 0 radical (unpaired) electrons. The van der Waals surface area contributed by atoms with Crippen LogP contribution in [0.25, 0.3) is 0 Å². The summed E-state index contributed by atoms with van der Waals surface area (Å²) in [6, 6.07) is 4.27. The van der Waals surface area contributed by atoms with Gasteiger partial charge in [-0.25, -0.2) is 0 Å². The summed E-state index contributed by atoms with van der Waals surface area (Å²) in [6.07, 6.45) is 0. The highest BCUT2D eigenvalue weighted by Crippen LogP contribution is 2.16. The fourth-order valence-corrected chi connectivity index (χ4v) is 1.41. The van der Waals surface area contributed by atoms with Crippen LogP contribution in [0.1, 0.15) is 22.8 Å². The quantitative estimate of drug-likeness (QED) is 0.510. The first kappa shape index (κ1) is 13.4. The molecule has 0 spiro atoms. The molecule has 0 heterocycles. The van der Waals surface area contributed by atoms with Crippen LogP contribution in [-0.2, 0) is 0 Å². The fraction of sp³-hybridized carbons (Fsp3) is 0.364. The SMILES string of the molecule is Cc1cc(C(=O)NCC(C)Cl)cc([N+](=O)[O-])c1. The molecule has 0 aromatic heterocycles. The molecule has 0 saturated carbocycles. The number of carbonyl (C=O) groups excluding carboxylic acids is 1. The van der Waals surface area contributed by atoms with Crippen molar-refractivity contribution in [1.29, 1.82) is 0 Å². The lowest BCUT2D eigenvalue weighted by molar-refractivity contribution is -0.384. The van der Waals surface area contributed by atoms with Crippen molar-refractivity contribution in [2.24, 2.45) is 0 Å². The zero-order valence-corrected chi connectivity index (χ0v) is 10.3. The van der Waals surface area contributed by atoms with Crippen molar-refractivity contribution in [2.45, 2.75) is 19.2 Å². The largest absolute Gasteiger partial charge is 0.351 e. The van der Waals surface area contributed by atoms with E-state index in [0.29, 0.717) is 12.1 Å². The van der Waals surface area contributed by atoms with Crippen molar-refractivity contribution in [2.75, 3.05) is 6.54 Å². The van der Waals surface area contributed by atoms with Crippen molar-refractivity contribution in [1.82, 2.24) is 5.32 Å². The van der Waals surface area contributed by atoms with E-state index in [2.05, 4.69) is 5.32 Å². The van der Waals surface area contributed by atoms with Gasteiger partial charge in [-0.1, -0.05) is 0 Å². The third kappa shape index (κ3) is 4.03. The number of aryl methyl sites for hydroxylation is 1. The van der Waals surface area contributed by atoms with Crippen LogP contribution >= 0.6 is 11.6 Å². The van der Waals surface area contributed by atoms with Gasteiger partial charge in [-0.15, -0.1) is 11.6 Å². The van der Waals surface area contributed by atoms with Gasteiger partial charge in [0.2, 0.25) is 0 Å². The Hall–Kier alpha value is -1.62. The van der Waals surface area contributed by atoms with Crippen LogP contribution in [0, 0.1) is 17.0 Å². The summed E-state index contributed by atoms with van der Waals surface area (Å²) in [5, 5.41) is 13.1. The van der Waals surface area contributed by atoms with E-state index in [4.69, 9.17) is 11.6 Å². The summed E-state index contributed by atoms with van der Waals surface area (Å²) < 4.78 is 0. The summed E-state index contributed by atoms with van der Waals surface area (Å²) in [7, 11) is 0. The Morgan fingerprint density at radius 2 is 2.18 bits per heavy atom. The van der Waals surface area contributed by atoms with Gasteiger partial charge in [0.05, 0.1) is 4.92 Å². The normalized spacial score (nSPS) is 11.9. The molecule has 0 aliphatic carbocycles. The first-order chi connectivity index (χ1) is 7.90. The summed E-state index contributed by atoms with van der Waals surface area (Å²) in [5.74, 6) is -0.357. The maximum Gasteiger partial charge on any atom is 0.270 e. The molecule has 1 aromatic carbocycles. The lowest BCUT2D eigenvalue weighted by Gasteiger charge is -2.07. The number of nitro benzene ring substituents is 1. The van der Waals surface area contributed by atoms with Crippen LogP contribution in [0.4, 0.5) is 5.69 Å². The second-order valence-corrected chi connectivity index (χ2v) is 4.55. The molecule has 5 nitrogen and oxygen atoms in total. The number of nitro groups is 1. The van der Waals surface area contributed by atoms with Crippen LogP contribution in [0.15, 0.2) is 18.2 Å². The van der Waals surface area contributed by atoms with E-state index in [1.165, 1.54) is 12.1 Å².